The van der Waals surface area contributed by atoms with Gasteiger partial charge in [0.1, 0.15) is 17.8 Å². The number of methoxy groups -OCH3 is 1. The third-order valence-electron chi connectivity index (χ3n) is 5.83. The van der Waals surface area contributed by atoms with Gasteiger partial charge in [-0.3, -0.25) is 4.79 Å². The summed E-state index contributed by atoms with van der Waals surface area (Å²) in [5.74, 6) is 0.959. The van der Waals surface area contributed by atoms with E-state index in [1.165, 1.54) is 22.3 Å². The molecule has 0 fully saturated rings. The Morgan fingerprint density at radius 2 is 1.22 bits per heavy atom. The third-order valence-corrected chi connectivity index (χ3v) is 5.83. The summed E-state index contributed by atoms with van der Waals surface area (Å²) in [4.78, 5) is 22.7. The summed E-state index contributed by atoms with van der Waals surface area (Å²) in [5, 5.41) is 0. The molecule has 0 heterocycles. The molecule has 32 heavy (non-hydrogen) atoms. The van der Waals surface area contributed by atoms with Crippen LogP contribution in [-0.2, 0) is 0 Å². The van der Waals surface area contributed by atoms with Gasteiger partial charge >= 0.3 is 5.97 Å². The number of hydrogen-bond acceptors (Lipinski definition) is 4. The summed E-state index contributed by atoms with van der Waals surface area (Å²) < 4.78 is 10.6. The maximum absolute atomic E-state index is 12.3. The van der Waals surface area contributed by atoms with Crippen LogP contribution >= 0.6 is 0 Å². The third kappa shape index (κ3) is 6.07. The maximum atomic E-state index is 12.3. The van der Waals surface area contributed by atoms with E-state index < -0.39 is 0 Å². The fraction of sp³-hybridized carbons (Fsp3) is 0.286. The molecule has 0 spiro atoms. The molecule has 3 aromatic rings. The Bertz CT molecular complexity index is 1100. The molecule has 0 aromatic heterocycles. The van der Waals surface area contributed by atoms with E-state index in [1.807, 2.05) is 71.9 Å². The summed E-state index contributed by atoms with van der Waals surface area (Å²) in [7, 11) is 1.61. The van der Waals surface area contributed by atoms with Crippen LogP contribution in [0.2, 0.25) is 0 Å². The Labute approximate surface area is 191 Å². The number of aryl methyl sites for hydroxylation is 5. The minimum absolute atomic E-state index is 0.338. The zero-order chi connectivity index (χ0) is 24.0. The lowest BCUT2D eigenvalue weighted by Crippen LogP contribution is -2.10. The van der Waals surface area contributed by atoms with E-state index in [0.29, 0.717) is 11.3 Å². The Morgan fingerprint density at radius 3 is 1.66 bits per heavy atom. The average Bonchev–Trinajstić information content (AvgIpc) is 2.76. The summed E-state index contributed by atoms with van der Waals surface area (Å²) in [6.45, 7) is 14.0. The Morgan fingerprint density at radius 1 is 0.719 bits per heavy atom. The zero-order valence-corrected chi connectivity index (χ0v) is 20.3. The van der Waals surface area contributed by atoms with Crippen LogP contribution < -0.4 is 9.47 Å². The summed E-state index contributed by atoms with van der Waals surface area (Å²) in [5.41, 5.74) is 9.24. The van der Waals surface area contributed by atoms with Crippen LogP contribution in [0.25, 0.3) is 0 Å². The van der Waals surface area contributed by atoms with Gasteiger partial charge in [0.05, 0.1) is 12.7 Å². The Hall–Kier alpha value is -3.40. The normalized spacial score (nSPS) is 10.1. The van der Waals surface area contributed by atoms with Gasteiger partial charge in [0, 0.05) is 5.56 Å². The predicted octanol–water partition coefficient (Wildman–Crippen LogP) is 6.57. The molecule has 3 rings (SSSR count). The molecular formula is C28H32O4. The second kappa shape index (κ2) is 10.8. The molecule has 0 amide bonds. The molecule has 168 valence electrons. The van der Waals surface area contributed by atoms with Crippen molar-refractivity contribution >= 4 is 12.3 Å². The number of benzene rings is 3. The lowest BCUT2D eigenvalue weighted by molar-refractivity contribution is 0.0733. The average molecular weight is 433 g/mol. The first-order valence-electron chi connectivity index (χ1n) is 10.5. The van der Waals surface area contributed by atoms with Crippen molar-refractivity contribution in [1.29, 1.82) is 0 Å². The fourth-order valence-corrected chi connectivity index (χ4v) is 3.31. The van der Waals surface area contributed by atoms with Crippen molar-refractivity contribution in [3.8, 4) is 11.5 Å². The molecule has 0 radical (unpaired) electrons. The maximum Gasteiger partial charge on any atom is 0.343 e. The quantitative estimate of drug-likeness (QED) is 0.266. The van der Waals surface area contributed by atoms with E-state index in [9.17, 15) is 9.59 Å². The second-order valence-corrected chi connectivity index (χ2v) is 8.15. The van der Waals surface area contributed by atoms with Crippen LogP contribution in [0.4, 0.5) is 0 Å². The van der Waals surface area contributed by atoms with Crippen molar-refractivity contribution in [1.82, 2.24) is 0 Å². The molecule has 0 saturated carbocycles. The Balaban J connectivity index is 0.000000278. The number of carbonyl (C=O) groups excluding carboxylic acids is 2. The van der Waals surface area contributed by atoms with Gasteiger partial charge in [0.15, 0.2) is 0 Å². The fourth-order valence-electron chi connectivity index (χ4n) is 3.31. The second-order valence-electron chi connectivity index (χ2n) is 8.15. The number of hydrogen-bond donors (Lipinski definition) is 0. The molecule has 0 unspecified atom stereocenters. The van der Waals surface area contributed by atoms with E-state index in [2.05, 4.69) is 6.92 Å². The largest absolute Gasteiger partial charge is 0.497 e. The van der Waals surface area contributed by atoms with Crippen LogP contribution in [0, 0.1) is 48.5 Å². The molecule has 0 aliphatic heterocycles. The van der Waals surface area contributed by atoms with Gasteiger partial charge in [-0.2, -0.15) is 0 Å². The molecule has 0 saturated heterocycles. The highest BCUT2D eigenvalue weighted by Crippen LogP contribution is 2.25. The van der Waals surface area contributed by atoms with Gasteiger partial charge < -0.3 is 9.47 Å². The predicted molar refractivity (Wildman–Crippen MR) is 129 cm³/mol. The van der Waals surface area contributed by atoms with E-state index in [-0.39, 0.29) is 5.97 Å². The van der Waals surface area contributed by atoms with E-state index in [1.54, 1.807) is 19.2 Å². The SMILES string of the molecule is COc1ccc(OC(=O)c2cc(C)c(C)c(C)c2)c(C)c1.Cc1cc(C=O)cc(C)c1C. The van der Waals surface area contributed by atoms with Gasteiger partial charge in [0.2, 0.25) is 0 Å². The molecular weight excluding hydrogens is 400 g/mol. The first kappa shape index (κ1) is 24.9. The lowest BCUT2D eigenvalue weighted by Gasteiger charge is -2.11. The van der Waals surface area contributed by atoms with Gasteiger partial charge in [-0.15, -0.1) is 0 Å². The number of aldehydes is 1. The molecule has 0 aliphatic carbocycles. The smallest absolute Gasteiger partial charge is 0.343 e. The van der Waals surface area contributed by atoms with Crippen LogP contribution in [-0.4, -0.2) is 19.4 Å². The van der Waals surface area contributed by atoms with Gasteiger partial charge in [0.25, 0.3) is 0 Å². The van der Waals surface area contributed by atoms with Crippen LogP contribution in [0.1, 0.15) is 59.7 Å². The van der Waals surface area contributed by atoms with Crippen molar-refractivity contribution in [2.45, 2.75) is 48.5 Å². The molecule has 0 aliphatic rings. The monoisotopic (exact) mass is 432 g/mol. The standard InChI is InChI=1S/C18H20O3.C10H12O/c1-11-8-15(9-12(2)14(11)4)18(19)21-17-7-6-16(20-5)10-13(17)3;1-7-4-10(6-11)5-8(2)9(7)3/h6-10H,1-5H3;4-6H,1-3H3. The van der Waals surface area contributed by atoms with E-state index in [4.69, 9.17) is 9.47 Å². The van der Waals surface area contributed by atoms with E-state index >= 15 is 0 Å². The number of esters is 1. The molecule has 4 heteroatoms. The molecule has 0 bridgehead atoms. The lowest BCUT2D eigenvalue weighted by atomic mass is 10.0. The molecule has 0 atom stereocenters. The highest BCUT2D eigenvalue weighted by Gasteiger charge is 2.13. The van der Waals surface area contributed by atoms with Crippen molar-refractivity contribution in [2.24, 2.45) is 0 Å². The van der Waals surface area contributed by atoms with Crippen LogP contribution in [0.15, 0.2) is 42.5 Å². The highest BCUT2D eigenvalue weighted by atomic mass is 16.5. The topological polar surface area (TPSA) is 52.6 Å². The number of ether oxygens (including phenoxy) is 2. The van der Waals surface area contributed by atoms with Crippen molar-refractivity contribution in [3.63, 3.8) is 0 Å². The molecule has 0 N–H and O–H groups in total. The minimum atomic E-state index is -0.338. The van der Waals surface area contributed by atoms with Gasteiger partial charge in [-0.05, 0) is 130 Å². The van der Waals surface area contributed by atoms with Gasteiger partial charge in [-0.1, -0.05) is 0 Å². The summed E-state index contributed by atoms with van der Waals surface area (Å²) in [6.07, 6.45) is 0.888. The van der Waals surface area contributed by atoms with Crippen LogP contribution in [0.3, 0.4) is 0 Å². The van der Waals surface area contributed by atoms with Gasteiger partial charge in [-0.25, -0.2) is 4.79 Å². The van der Waals surface area contributed by atoms with Crippen molar-refractivity contribution in [3.05, 3.63) is 92.5 Å². The highest BCUT2D eigenvalue weighted by molar-refractivity contribution is 5.91. The van der Waals surface area contributed by atoms with Crippen LogP contribution in [0.5, 0.6) is 11.5 Å². The zero-order valence-electron chi connectivity index (χ0n) is 20.3. The summed E-state index contributed by atoms with van der Waals surface area (Å²) in [6, 6.07) is 12.9. The summed E-state index contributed by atoms with van der Waals surface area (Å²) >= 11 is 0. The van der Waals surface area contributed by atoms with Crippen molar-refractivity contribution < 1.29 is 19.1 Å². The minimum Gasteiger partial charge on any atom is -0.497 e. The molecule has 3 aromatic carbocycles. The molecule has 4 nitrogen and oxygen atoms in total. The first-order chi connectivity index (χ1) is 15.1. The van der Waals surface area contributed by atoms with E-state index in [0.717, 1.165) is 34.3 Å². The number of rotatable bonds is 4. The Kier molecular flexibility index (Phi) is 8.36. The van der Waals surface area contributed by atoms with Crippen molar-refractivity contribution in [2.75, 3.05) is 7.11 Å². The number of carbonyl (C=O) groups is 2. The first-order valence-corrected chi connectivity index (χ1v) is 10.5.